The highest BCUT2D eigenvalue weighted by Gasteiger charge is 2.66. The molecule has 1 spiro atoms. The van der Waals surface area contributed by atoms with Crippen molar-refractivity contribution in [1.29, 1.82) is 0 Å². The highest BCUT2D eigenvalue weighted by Crippen LogP contribution is 2.49. The van der Waals surface area contributed by atoms with Crippen molar-refractivity contribution in [1.82, 2.24) is 15.1 Å². The first-order valence-electron chi connectivity index (χ1n) is 6.04. The molecule has 1 saturated carbocycles. The highest BCUT2D eigenvalue weighted by atomic mass is 32.1. The minimum absolute atomic E-state index is 0.0179. The van der Waals surface area contributed by atoms with Crippen LogP contribution in [0.3, 0.4) is 0 Å². The average molecular weight is 241 g/mol. The number of nitrogens with zero attached hydrogens (tertiary/aromatic N) is 2. The molecule has 90 valence electrons. The van der Waals surface area contributed by atoms with Gasteiger partial charge >= 0.3 is 0 Å². The Morgan fingerprint density at radius 1 is 1.38 bits per heavy atom. The second-order valence-electron chi connectivity index (χ2n) is 5.22. The van der Waals surface area contributed by atoms with Gasteiger partial charge in [-0.05, 0) is 39.2 Å². The van der Waals surface area contributed by atoms with Crippen molar-refractivity contribution >= 4 is 17.3 Å². The van der Waals surface area contributed by atoms with Gasteiger partial charge in [-0.15, -0.1) is 0 Å². The Labute approximate surface area is 102 Å². The van der Waals surface area contributed by atoms with E-state index in [9.17, 15) is 0 Å². The number of thiocarbonyl (C=S) groups is 1. The lowest BCUT2D eigenvalue weighted by atomic mass is 9.91. The topological polar surface area (TPSA) is 27.7 Å². The molecule has 0 radical (unpaired) electrons. The van der Waals surface area contributed by atoms with Crippen LogP contribution in [0.15, 0.2) is 0 Å². The summed E-state index contributed by atoms with van der Waals surface area (Å²) in [5, 5.41) is 4.41. The molecule has 1 N–H and O–H groups in total. The van der Waals surface area contributed by atoms with Gasteiger partial charge in [0.2, 0.25) is 5.85 Å². The number of hydrogen-bond acceptors (Lipinski definition) is 3. The van der Waals surface area contributed by atoms with Crippen LogP contribution in [0.5, 0.6) is 0 Å². The normalized spacial score (nSPS) is 36.2. The number of ether oxygens (including phenoxy) is 1. The monoisotopic (exact) mass is 241 g/mol. The van der Waals surface area contributed by atoms with E-state index in [0.29, 0.717) is 0 Å². The van der Waals surface area contributed by atoms with Crippen molar-refractivity contribution in [2.75, 3.05) is 27.2 Å². The van der Waals surface area contributed by atoms with Gasteiger partial charge in [0, 0.05) is 6.54 Å². The van der Waals surface area contributed by atoms with Gasteiger partial charge in [-0.2, -0.15) is 0 Å². The SMILES string of the molecule is CN(C)C12OCCN1C(=S)NC21CCCC1. The molecule has 2 aliphatic heterocycles. The quantitative estimate of drug-likeness (QED) is 0.683. The standard InChI is InChI=1S/C11H19N3OS/c1-13(2)11-10(5-3-4-6-10)12-9(16)14(11)7-8-15-11/h3-8H2,1-2H3,(H,12,16). The lowest BCUT2D eigenvalue weighted by molar-refractivity contribution is -0.191. The maximum Gasteiger partial charge on any atom is 0.226 e. The molecule has 3 rings (SSSR count). The Morgan fingerprint density at radius 3 is 2.69 bits per heavy atom. The van der Waals surface area contributed by atoms with Crippen LogP contribution in [0, 0.1) is 0 Å². The van der Waals surface area contributed by atoms with E-state index in [4.69, 9.17) is 17.0 Å². The third-order valence-corrected chi connectivity index (χ3v) is 4.58. The molecule has 0 aromatic heterocycles. The Balaban J connectivity index is 2.08. The third kappa shape index (κ3) is 1.04. The van der Waals surface area contributed by atoms with Crippen molar-refractivity contribution in [3.05, 3.63) is 0 Å². The largest absolute Gasteiger partial charge is 0.351 e. The van der Waals surface area contributed by atoms with E-state index in [1.165, 1.54) is 12.8 Å². The van der Waals surface area contributed by atoms with Crippen LogP contribution in [-0.2, 0) is 4.74 Å². The molecule has 1 unspecified atom stereocenters. The van der Waals surface area contributed by atoms with E-state index < -0.39 is 0 Å². The van der Waals surface area contributed by atoms with Crippen LogP contribution in [-0.4, -0.2) is 53.5 Å². The zero-order valence-electron chi connectivity index (χ0n) is 9.95. The van der Waals surface area contributed by atoms with Gasteiger partial charge in [0.05, 0.1) is 6.61 Å². The average Bonchev–Trinajstić information content (AvgIpc) is 2.86. The maximum atomic E-state index is 6.14. The van der Waals surface area contributed by atoms with Gasteiger partial charge in [0.15, 0.2) is 5.11 Å². The molecule has 4 nitrogen and oxygen atoms in total. The van der Waals surface area contributed by atoms with Gasteiger partial charge in [-0.3, -0.25) is 4.90 Å². The highest BCUT2D eigenvalue weighted by molar-refractivity contribution is 7.80. The van der Waals surface area contributed by atoms with Gasteiger partial charge in [-0.25, -0.2) is 0 Å². The van der Waals surface area contributed by atoms with E-state index >= 15 is 0 Å². The lowest BCUT2D eigenvalue weighted by Gasteiger charge is -2.46. The van der Waals surface area contributed by atoms with Crippen LogP contribution in [0.1, 0.15) is 25.7 Å². The van der Waals surface area contributed by atoms with Crippen LogP contribution < -0.4 is 5.32 Å². The van der Waals surface area contributed by atoms with Crippen LogP contribution in [0.25, 0.3) is 0 Å². The molecule has 0 aromatic rings. The summed E-state index contributed by atoms with van der Waals surface area (Å²) in [4.78, 5) is 4.42. The fourth-order valence-electron chi connectivity index (χ4n) is 3.73. The van der Waals surface area contributed by atoms with Crippen molar-refractivity contribution in [3.8, 4) is 0 Å². The predicted molar refractivity (Wildman–Crippen MR) is 66.0 cm³/mol. The zero-order chi connectivity index (χ0) is 11.4. The van der Waals surface area contributed by atoms with E-state index in [1.807, 2.05) is 0 Å². The first kappa shape index (κ1) is 10.7. The minimum Gasteiger partial charge on any atom is -0.351 e. The predicted octanol–water partition coefficient (Wildman–Crippen LogP) is 0.735. The fourth-order valence-corrected chi connectivity index (χ4v) is 4.14. The molecular formula is C11H19N3OS. The van der Waals surface area contributed by atoms with Crippen LogP contribution in [0.2, 0.25) is 0 Å². The summed E-state index contributed by atoms with van der Waals surface area (Å²) in [5.74, 6) is -0.333. The molecule has 16 heavy (non-hydrogen) atoms. The number of hydrogen-bond donors (Lipinski definition) is 1. The molecule has 2 heterocycles. The second-order valence-corrected chi connectivity index (χ2v) is 5.61. The molecule has 0 amide bonds. The molecule has 5 heteroatoms. The van der Waals surface area contributed by atoms with Gasteiger partial charge < -0.3 is 15.0 Å². The third-order valence-electron chi connectivity index (χ3n) is 4.26. The number of likely N-dealkylation sites (N-methyl/N-ethyl adjacent to an activating group) is 1. The van der Waals surface area contributed by atoms with Crippen LogP contribution in [0.4, 0.5) is 0 Å². The van der Waals surface area contributed by atoms with Crippen molar-refractivity contribution in [3.63, 3.8) is 0 Å². The van der Waals surface area contributed by atoms with Gasteiger partial charge in [-0.1, -0.05) is 12.8 Å². The summed E-state index contributed by atoms with van der Waals surface area (Å²) >= 11 is 5.47. The van der Waals surface area contributed by atoms with E-state index in [0.717, 1.165) is 31.1 Å². The fraction of sp³-hybridized carbons (Fsp3) is 0.909. The number of fused-ring (bicyclic) bond motifs is 2. The van der Waals surface area contributed by atoms with Crippen molar-refractivity contribution < 1.29 is 4.74 Å². The smallest absolute Gasteiger partial charge is 0.226 e. The Bertz CT molecular complexity index is 327. The molecule has 1 atom stereocenters. The van der Waals surface area contributed by atoms with E-state index in [-0.39, 0.29) is 11.4 Å². The Morgan fingerprint density at radius 2 is 2.06 bits per heavy atom. The minimum atomic E-state index is -0.333. The van der Waals surface area contributed by atoms with E-state index in [1.54, 1.807) is 0 Å². The molecule has 3 aliphatic rings. The first-order valence-corrected chi connectivity index (χ1v) is 6.44. The van der Waals surface area contributed by atoms with Gasteiger partial charge in [0.25, 0.3) is 0 Å². The molecular weight excluding hydrogens is 222 g/mol. The zero-order valence-corrected chi connectivity index (χ0v) is 10.8. The summed E-state index contributed by atoms with van der Waals surface area (Å²) in [5.41, 5.74) is 0.0179. The molecule has 0 aromatic carbocycles. The second kappa shape index (κ2) is 3.31. The molecule has 1 aliphatic carbocycles. The van der Waals surface area contributed by atoms with Crippen LogP contribution >= 0.6 is 12.2 Å². The Kier molecular flexibility index (Phi) is 2.22. The van der Waals surface area contributed by atoms with Gasteiger partial charge in [0.1, 0.15) is 5.54 Å². The maximum absolute atomic E-state index is 6.14. The summed E-state index contributed by atoms with van der Waals surface area (Å²) in [6.07, 6.45) is 4.84. The first-order chi connectivity index (χ1) is 7.62. The molecule has 0 bridgehead atoms. The van der Waals surface area contributed by atoms with Crippen molar-refractivity contribution in [2.45, 2.75) is 37.1 Å². The number of nitrogens with one attached hydrogen (secondary N) is 1. The summed E-state index contributed by atoms with van der Waals surface area (Å²) < 4.78 is 6.14. The summed E-state index contributed by atoms with van der Waals surface area (Å²) in [6.45, 7) is 1.69. The molecule has 3 fully saturated rings. The lowest BCUT2D eigenvalue weighted by Crippen LogP contribution is -2.66. The van der Waals surface area contributed by atoms with Crippen molar-refractivity contribution in [2.24, 2.45) is 0 Å². The Hall–Kier alpha value is -0.390. The van der Waals surface area contributed by atoms with E-state index in [2.05, 4.69) is 29.2 Å². The summed E-state index contributed by atoms with van der Waals surface area (Å²) in [7, 11) is 4.18. The summed E-state index contributed by atoms with van der Waals surface area (Å²) in [6, 6.07) is 0. The molecule has 2 saturated heterocycles. The number of rotatable bonds is 1.